The van der Waals surface area contributed by atoms with Gasteiger partial charge in [0.25, 0.3) is 5.91 Å². The normalized spacial score (nSPS) is 14.6. The molecule has 6 nitrogen and oxygen atoms in total. The number of nitrogens with zero attached hydrogens (tertiary/aromatic N) is 3. The summed E-state index contributed by atoms with van der Waals surface area (Å²) in [5.74, 6) is 0.411. The molecule has 1 fully saturated rings. The zero-order chi connectivity index (χ0) is 16.2. The van der Waals surface area contributed by atoms with Crippen LogP contribution >= 0.6 is 15.9 Å². The van der Waals surface area contributed by atoms with Crippen molar-refractivity contribution in [3.05, 3.63) is 46.2 Å². The molecule has 1 aliphatic heterocycles. The molecule has 23 heavy (non-hydrogen) atoms. The van der Waals surface area contributed by atoms with Crippen molar-refractivity contribution in [3.63, 3.8) is 0 Å². The molecule has 2 aromatic rings. The Kier molecular flexibility index (Phi) is 4.88. The van der Waals surface area contributed by atoms with Crippen LogP contribution in [-0.4, -0.2) is 47.1 Å². The Morgan fingerprint density at radius 1 is 1.26 bits per heavy atom. The number of ether oxygens (including phenoxy) is 1. The molecule has 0 radical (unpaired) electrons. The Hall–Kier alpha value is -1.99. The van der Waals surface area contributed by atoms with E-state index in [1.54, 1.807) is 17.3 Å². The monoisotopic (exact) mass is 376 g/mol. The Labute approximate surface area is 143 Å². The van der Waals surface area contributed by atoms with Gasteiger partial charge in [-0.1, -0.05) is 15.9 Å². The Bertz CT molecular complexity index is 700. The molecule has 0 atom stereocenters. The number of amides is 1. The number of rotatable bonds is 3. The molecule has 0 bridgehead atoms. The summed E-state index contributed by atoms with van der Waals surface area (Å²) in [5.41, 5.74) is 2.50. The fraction of sp³-hybridized carbons (Fsp3) is 0.312. The quantitative estimate of drug-likeness (QED) is 0.891. The van der Waals surface area contributed by atoms with Crippen LogP contribution in [0.15, 0.2) is 35.1 Å². The first-order chi connectivity index (χ1) is 11.1. The van der Waals surface area contributed by atoms with Crippen molar-refractivity contribution >= 4 is 33.5 Å². The molecule has 1 amide bonds. The smallest absolute Gasteiger partial charge is 0.257 e. The number of aryl methyl sites for hydroxylation is 1. The van der Waals surface area contributed by atoms with E-state index in [0.717, 1.165) is 15.7 Å². The largest absolute Gasteiger partial charge is 0.378 e. The number of benzene rings is 1. The summed E-state index contributed by atoms with van der Waals surface area (Å²) in [6.07, 6.45) is 3.11. The molecule has 0 spiro atoms. The Morgan fingerprint density at radius 2 is 1.96 bits per heavy atom. The summed E-state index contributed by atoms with van der Waals surface area (Å²) in [6, 6.07) is 5.92. The first-order valence-corrected chi connectivity index (χ1v) is 8.15. The predicted molar refractivity (Wildman–Crippen MR) is 90.9 cm³/mol. The highest BCUT2D eigenvalue weighted by Crippen LogP contribution is 2.22. The topological polar surface area (TPSA) is 67.4 Å². The minimum atomic E-state index is -0.0559. The van der Waals surface area contributed by atoms with E-state index in [1.807, 2.05) is 25.1 Å². The van der Waals surface area contributed by atoms with Crippen molar-refractivity contribution in [1.82, 2.24) is 14.9 Å². The summed E-state index contributed by atoms with van der Waals surface area (Å²) in [6.45, 7) is 4.38. The van der Waals surface area contributed by atoms with Crippen molar-refractivity contribution in [2.75, 3.05) is 31.6 Å². The molecule has 0 saturated carbocycles. The van der Waals surface area contributed by atoms with Gasteiger partial charge in [0.1, 0.15) is 0 Å². The number of anilines is 2. The summed E-state index contributed by atoms with van der Waals surface area (Å²) >= 11 is 3.43. The number of hydrogen-bond acceptors (Lipinski definition) is 5. The number of morpholine rings is 1. The van der Waals surface area contributed by atoms with Crippen LogP contribution in [0.3, 0.4) is 0 Å². The Balaban J connectivity index is 1.70. The van der Waals surface area contributed by atoms with Gasteiger partial charge in [0, 0.05) is 35.6 Å². The lowest BCUT2D eigenvalue weighted by atomic mass is 10.2. The molecule has 1 N–H and O–H groups in total. The number of aromatic nitrogens is 2. The molecule has 0 aliphatic carbocycles. The van der Waals surface area contributed by atoms with Gasteiger partial charge in [-0.2, -0.15) is 0 Å². The highest BCUT2D eigenvalue weighted by Gasteiger charge is 2.19. The minimum Gasteiger partial charge on any atom is -0.378 e. The molecule has 1 aliphatic rings. The van der Waals surface area contributed by atoms with E-state index >= 15 is 0 Å². The van der Waals surface area contributed by atoms with Crippen molar-refractivity contribution in [1.29, 1.82) is 0 Å². The lowest BCUT2D eigenvalue weighted by Gasteiger charge is -2.26. The van der Waals surface area contributed by atoms with Gasteiger partial charge in [0.15, 0.2) is 0 Å². The van der Waals surface area contributed by atoms with Gasteiger partial charge >= 0.3 is 0 Å². The van der Waals surface area contributed by atoms with Crippen LogP contribution in [0.2, 0.25) is 0 Å². The molecule has 3 rings (SSSR count). The molecule has 2 heterocycles. The molecular weight excluding hydrogens is 360 g/mol. The summed E-state index contributed by atoms with van der Waals surface area (Å²) in [5, 5.41) is 3.16. The molecule has 1 aromatic carbocycles. The molecular formula is C16H17BrN4O2. The van der Waals surface area contributed by atoms with Gasteiger partial charge < -0.3 is 15.0 Å². The third-order valence-electron chi connectivity index (χ3n) is 3.63. The summed E-state index contributed by atoms with van der Waals surface area (Å²) in [4.78, 5) is 22.6. The van der Waals surface area contributed by atoms with Gasteiger partial charge in [0.2, 0.25) is 5.95 Å². The van der Waals surface area contributed by atoms with Crippen molar-refractivity contribution < 1.29 is 9.53 Å². The predicted octanol–water partition coefficient (Wildman–Crippen LogP) is 2.76. The first kappa shape index (κ1) is 15.9. The van der Waals surface area contributed by atoms with E-state index in [9.17, 15) is 4.79 Å². The summed E-state index contributed by atoms with van der Waals surface area (Å²) < 4.78 is 6.27. The lowest BCUT2D eigenvalue weighted by molar-refractivity contribution is 0.0302. The number of carbonyl (C=O) groups is 1. The SMILES string of the molecule is Cc1cc(Br)ccc1Nc1ncc(C(=O)N2CCOCC2)cn1. The maximum absolute atomic E-state index is 12.3. The van der Waals surface area contributed by atoms with Gasteiger partial charge in [-0.05, 0) is 30.7 Å². The van der Waals surface area contributed by atoms with Crippen molar-refractivity contribution in [2.45, 2.75) is 6.92 Å². The van der Waals surface area contributed by atoms with E-state index in [0.29, 0.717) is 37.8 Å². The van der Waals surface area contributed by atoms with Gasteiger partial charge in [-0.3, -0.25) is 4.79 Å². The van der Waals surface area contributed by atoms with E-state index in [2.05, 4.69) is 31.2 Å². The standard InChI is InChI=1S/C16H17BrN4O2/c1-11-8-13(17)2-3-14(11)20-16-18-9-12(10-19-16)15(22)21-4-6-23-7-5-21/h2-3,8-10H,4-7H2,1H3,(H,18,19,20). The van der Waals surface area contributed by atoms with E-state index in [4.69, 9.17) is 4.74 Å². The first-order valence-electron chi connectivity index (χ1n) is 7.36. The zero-order valence-corrected chi connectivity index (χ0v) is 14.3. The van der Waals surface area contributed by atoms with Crippen molar-refractivity contribution in [2.24, 2.45) is 0 Å². The average molecular weight is 377 g/mol. The van der Waals surface area contributed by atoms with Crippen LogP contribution < -0.4 is 5.32 Å². The number of halogens is 1. The second-order valence-corrected chi connectivity index (χ2v) is 6.20. The molecule has 1 saturated heterocycles. The van der Waals surface area contributed by atoms with Crippen LogP contribution in [0, 0.1) is 6.92 Å². The fourth-order valence-corrected chi connectivity index (χ4v) is 2.82. The second-order valence-electron chi connectivity index (χ2n) is 5.28. The Morgan fingerprint density at radius 3 is 2.61 bits per heavy atom. The van der Waals surface area contributed by atoms with Crippen LogP contribution in [0.5, 0.6) is 0 Å². The van der Waals surface area contributed by atoms with Gasteiger partial charge in [0.05, 0.1) is 18.8 Å². The van der Waals surface area contributed by atoms with E-state index in [-0.39, 0.29) is 5.91 Å². The van der Waals surface area contributed by atoms with Crippen molar-refractivity contribution in [3.8, 4) is 0 Å². The van der Waals surface area contributed by atoms with E-state index in [1.165, 1.54) is 0 Å². The highest BCUT2D eigenvalue weighted by atomic mass is 79.9. The highest BCUT2D eigenvalue weighted by molar-refractivity contribution is 9.10. The molecule has 7 heteroatoms. The maximum atomic E-state index is 12.3. The maximum Gasteiger partial charge on any atom is 0.257 e. The van der Waals surface area contributed by atoms with Gasteiger partial charge in [-0.25, -0.2) is 9.97 Å². The molecule has 1 aromatic heterocycles. The van der Waals surface area contributed by atoms with Crippen LogP contribution in [0.1, 0.15) is 15.9 Å². The zero-order valence-electron chi connectivity index (χ0n) is 12.8. The number of hydrogen-bond donors (Lipinski definition) is 1. The average Bonchev–Trinajstić information content (AvgIpc) is 2.58. The fourth-order valence-electron chi connectivity index (χ4n) is 2.34. The number of nitrogens with one attached hydrogen (secondary N) is 1. The van der Waals surface area contributed by atoms with Gasteiger partial charge in [-0.15, -0.1) is 0 Å². The van der Waals surface area contributed by atoms with Crippen LogP contribution in [-0.2, 0) is 4.74 Å². The summed E-state index contributed by atoms with van der Waals surface area (Å²) in [7, 11) is 0. The number of carbonyl (C=O) groups excluding carboxylic acids is 1. The third kappa shape index (κ3) is 3.86. The molecule has 0 unspecified atom stereocenters. The molecule has 120 valence electrons. The lowest BCUT2D eigenvalue weighted by Crippen LogP contribution is -2.40. The van der Waals surface area contributed by atoms with E-state index < -0.39 is 0 Å². The second kappa shape index (κ2) is 7.06. The minimum absolute atomic E-state index is 0.0559. The van der Waals surface area contributed by atoms with Crippen LogP contribution in [0.4, 0.5) is 11.6 Å². The van der Waals surface area contributed by atoms with Crippen LogP contribution in [0.25, 0.3) is 0 Å². The third-order valence-corrected chi connectivity index (χ3v) is 4.13.